The summed E-state index contributed by atoms with van der Waals surface area (Å²) in [6.45, 7) is 11.1. The molecule has 1 N–H and O–H groups in total. The van der Waals surface area contributed by atoms with E-state index in [9.17, 15) is 18.0 Å². The molecule has 0 saturated heterocycles. The van der Waals surface area contributed by atoms with Crippen molar-refractivity contribution in [3.63, 3.8) is 0 Å². The maximum Gasteiger partial charge on any atom is 0.416 e. The molecule has 0 aliphatic carbocycles. The maximum absolute atomic E-state index is 12.8. The number of hydrogen-bond donors (Lipinski definition) is 1. The molecule has 1 amide bonds. The molecule has 0 aromatic heterocycles. The number of halogens is 3. The van der Waals surface area contributed by atoms with Crippen molar-refractivity contribution in [2.75, 3.05) is 4.90 Å². The number of alkyl halides is 3. The lowest BCUT2D eigenvalue weighted by Gasteiger charge is -2.50. The zero-order valence-electron chi connectivity index (χ0n) is 18.4. The lowest BCUT2D eigenvalue weighted by molar-refractivity contribution is -0.137. The quantitative estimate of drug-likeness (QED) is 0.479. The minimum atomic E-state index is -4.50. The summed E-state index contributed by atoms with van der Waals surface area (Å²) in [6, 6.07) is 10.7. The van der Waals surface area contributed by atoms with Gasteiger partial charge in [0.2, 0.25) is 0 Å². The van der Waals surface area contributed by atoms with Crippen LogP contribution in [0.15, 0.2) is 47.6 Å². The fourth-order valence-electron chi connectivity index (χ4n) is 4.59. The van der Waals surface area contributed by atoms with Crippen molar-refractivity contribution in [1.29, 1.82) is 0 Å². The summed E-state index contributed by atoms with van der Waals surface area (Å²) in [6.07, 6.45) is -1.97. The molecule has 1 aliphatic rings. The van der Waals surface area contributed by atoms with Crippen LogP contribution in [-0.2, 0) is 6.18 Å². The Morgan fingerprint density at radius 3 is 2.58 bits per heavy atom. The van der Waals surface area contributed by atoms with Crippen LogP contribution in [0.2, 0.25) is 0 Å². The van der Waals surface area contributed by atoms with Crippen molar-refractivity contribution in [2.45, 2.75) is 64.7 Å². The Hall–Kier alpha value is -2.83. The molecule has 0 spiro atoms. The van der Waals surface area contributed by atoms with Crippen LogP contribution in [0.4, 0.5) is 18.9 Å². The molecule has 3 rings (SSSR count). The number of carbonyl (C=O) groups is 1. The third-order valence-electron chi connectivity index (χ3n) is 5.65. The lowest BCUT2D eigenvalue weighted by atomic mass is 9.79. The number of fused-ring (bicyclic) bond motifs is 1. The van der Waals surface area contributed by atoms with Gasteiger partial charge >= 0.3 is 6.18 Å². The van der Waals surface area contributed by atoms with E-state index in [0.29, 0.717) is 12.0 Å². The predicted octanol–water partition coefficient (Wildman–Crippen LogP) is 5.97. The number of nitrogens with zero attached hydrogens (tertiary/aromatic N) is 2. The number of benzene rings is 2. The van der Waals surface area contributed by atoms with Crippen LogP contribution in [0.5, 0.6) is 0 Å². The highest BCUT2D eigenvalue weighted by Crippen LogP contribution is 2.44. The van der Waals surface area contributed by atoms with Gasteiger partial charge in [-0.25, -0.2) is 5.43 Å². The molecule has 166 valence electrons. The average molecular weight is 432 g/mol. The van der Waals surface area contributed by atoms with Crippen LogP contribution in [0, 0.1) is 0 Å². The molecule has 0 radical (unpaired) electrons. The molecule has 0 unspecified atom stereocenters. The van der Waals surface area contributed by atoms with Gasteiger partial charge in [0.25, 0.3) is 5.91 Å². The normalized spacial score (nSPS) is 18.4. The third kappa shape index (κ3) is 4.92. The number of carbonyl (C=O) groups excluding carboxylic acids is 1. The van der Waals surface area contributed by atoms with E-state index >= 15 is 0 Å². The molecule has 1 atom stereocenters. The van der Waals surface area contributed by atoms with Gasteiger partial charge in [-0.05, 0) is 81.5 Å². The zero-order valence-corrected chi connectivity index (χ0v) is 18.4. The Kier molecular flexibility index (Phi) is 6.16. The minimum Gasteiger partial charge on any atom is -0.364 e. The first-order valence-corrected chi connectivity index (χ1v) is 10.3. The Bertz CT molecular complexity index is 996. The molecule has 2 aromatic carbocycles. The van der Waals surface area contributed by atoms with E-state index in [-0.39, 0.29) is 11.1 Å². The maximum atomic E-state index is 12.8. The molecule has 0 bridgehead atoms. The first-order valence-electron chi connectivity index (χ1n) is 10.3. The first-order chi connectivity index (χ1) is 14.4. The monoisotopic (exact) mass is 431 g/mol. The molecule has 1 heterocycles. The number of nitrogens with one attached hydrogen (secondary N) is 1. The van der Waals surface area contributed by atoms with E-state index in [0.717, 1.165) is 24.1 Å². The predicted molar refractivity (Wildman–Crippen MR) is 118 cm³/mol. The number of anilines is 1. The number of amides is 1. The van der Waals surface area contributed by atoms with Crippen LogP contribution in [0.3, 0.4) is 0 Å². The Balaban J connectivity index is 1.77. The molecule has 4 nitrogen and oxygen atoms in total. The molecule has 0 saturated carbocycles. The summed E-state index contributed by atoms with van der Waals surface area (Å²) in [5, 5.41) is 3.95. The van der Waals surface area contributed by atoms with Gasteiger partial charge in [-0.3, -0.25) is 4.79 Å². The second-order valence-corrected chi connectivity index (χ2v) is 8.98. The highest BCUT2D eigenvalue weighted by molar-refractivity contribution is 5.95. The molecule has 7 heteroatoms. The van der Waals surface area contributed by atoms with Gasteiger partial charge in [0, 0.05) is 22.8 Å². The van der Waals surface area contributed by atoms with Crippen LogP contribution >= 0.6 is 0 Å². The molecular weight excluding hydrogens is 403 g/mol. The minimum absolute atomic E-state index is 0.0507. The van der Waals surface area contributed by atoms with Gasteiger partial charge in [0.1, 0.15) is 0 Å². The van der Waals surface area contributed by atoms with Crippen molar-refractivity contribution >= 4 is 17.8 Å². The summed E-state index contributed by atoms with van der Waals surface area (Å²) in [7, 11) is 0. The highest BCUT2D eigenvalue weighted by Gasteiger charge is 2.37. The molecule has 0 fully saturated rings. The summed E-state index contributed by atoms with van der Waals surface area (Å²) < 4.78 is 38.5. The average Bonchev–Trinajstić information content (AvgIpc) is 2.66. The van der Waals surface area contributed by atoms with Gasteiger partial charge < -0.3 is 4.90 Å². The number of rotatable bonds is 4. The smallest absolute Gasteiger partial charge is 0.364 e. The Labute approximate surface area is 181 Å². The van der Waals surface area contributed by atoms with E-state index in [1.165, 1.54) is 29.6 Å². The van der Waals surface area contributed by atoms with E-state index in [2.05, 4.69) is 62.2 Å². The zero-order chi connectivity index (χ0) is 23.0. The van der Waals surface area contributed by atoms with Crippen molar-refractivity contribution < 1.29 is 18.0 Å². The molecule has 1 aliphatic heterocycles. The third-order valence-corrected chi connectivity index (χ3v) is 5.65. The van der Waals surface area contributed by atoms with E-state index < -0.39 is 17.6 Å². The molecule has 31 heavy (non-hydrogen) atoms. The van der Waals surface area contributed by atoms with Crippen LogP contribution < -0.4 is 10.3 Å². The van der Waals surface area contributed by atoms with Crippen LogP contribution in [-0.4, -0.2) is 23.7 Å². The summed E-state index contributed by atoms with van der Waals surface area (Å²) in [5.41, 5.74) is 4.63. The summed E-state index contributed by atoms with van der Waals surface area (Å²) in [5.74, 6) is -0.325. The number of hydrazone groups is 1. The van der Waals surface area contributed by atoms with Crippen molar-refractivity contribution in [1.82, 2.24) is 5.43 Å². The Morgan fingerprint density at radius 2 is 1.94 bits per heavy atom. The SMILES string of the molecule is CC(C)N1c2ccc(/C=N\NC(=O)c3cccc(C(F)(F)F)c3)cc2[C@H](C)CC1(C)C. The second kappa shape index (κ2) is 8.36. The molecular formula is C24H28F3N3O. The van der Waals surface area contributed by atoms with Gasteiger partial charge in [-0.15, -0.1) is 0 Å². The summed E-state index contributed by atoms with van der Waals surface area (Å²) >= 11 is 0. The van der Waals surface area contributed by atoms with Crippen molar-refractivity contribution in [3.05, 3.63) is 64.7 Å². The van der Waals surface area contributed by atoms with Crippen LogP contribution in [0.1, 0.15) is 74.0 Å². The lowest BCUT2D eigenvalue weighted by Crippen LogP contribution is -2.51. The van der Waals surface area contributed by atoms with Gasteiger partial charge in [-0.1, -0.05) is 19.1 Å². The fraction of sp³-hybridized carbons (Fsp3) is 0.417. The van der Waals surface area contributed by atoms with Gasteiger partial charge in [0.15, 0.2) is 0 Å². The standard InChI is InChI=1S/C24H28F3N3O/c1-15(2)30-21-10-9-17(11-20(21)16(3)13-23(30,4)5)14-28-29-22(31)18-7-6-8-19(12-18)24(25,26)27/h6-12,14-16H,13H2,1-5H3,(H,29,31)/b28-14-/t16-/m1/s1. The van der Waals surface area contributed by atoms with E-state index in [1.54, 1.807) is 0 Å². The largest absolute Gasteiger partial charge is 0.416 e. The highest BCUT2D eigenvalue weighted by atomic mass is 19.4. The van der Waals surface area contributed by atoms with Crippen LogP contribution in [0.25, 0.3) is 0 Å². The van der Waals surface area contributed by atoms with Crippen molar-refractivity contribution in [2.24, 2.45) is 5.10 Å². The van der Waals surface area contributed by atoms with E-state index in [1.807, 2.05) is 6.07 Å². The summed E-state index contributed by atoms with van der Waals surface area (Å²) in [4.78, 5) is 14.6. The van der Waals surface area contributed by atoms with E-state index in [4.69, 9.17) is 0 Å². The van der Waals surface area contributed by atoms with Gasteiger partial charge in [0.05, 0.1) is 11.8 Å². The number of hydrogen-bond acceptors (Lipinski definition) is 3. The molecule has 2 aromatic rings. The fourth-order valence-corrected chi connectivity index (χ4v) is 4.59. The van der Waals surface area contributed by atoms with Crippen molar-refractivity contribution in [3.8, 4) is 0 Å². The van der Waals surface area contributed by atoms with Gasteiger partial charge in [-0.2, -0.15) is 18.3 Å². The Morgan fingerprint density at radius 1 is 1.23 bits per heavy atom. The topological polar surface area (TPSA) is 44.7 Å². The second-order valence-electron chi connectivity index (χ2n) is 8.98. The first kappa shape index (κ1) is 22.8.